The van der Waals surface area contributed by atoms with E-state index in [4.69, 9.17) is 14.0 Å². The molecule has 1 aromatic heterocycles. The number of carbonyl (C=O) groups excluding carboxylic acids is 1. The molecule has 2 heterocycles. The molecule has 0 radical (unpaired) electrons. The first kappa shape index (κ1) is 31.5. The number of hydrogen-bond donors (Lipinski definition) is 1. The van der Waals surface area contributed by atoms with E-state index >= 15 is 0 Å². The minimum Gasteiger partial charge on any atom is -0.588 e. The van der Waals surface area contributed by atoms with E-state index < -0.39 is 0 Å². The van der Waals surface area contributed by atoms with E-state index in [1.807, 2.05) is 24.3 Å². The zero-order valence-electron chi connectivity index (χ0n) is 25.9. The fraction of sp³-hybridized carbons (Fsp3) is 0.516. The number of carbonyl (C=O) groups is 1. The van der Waals surface area contributed by atoms with Crippen LogP contribution in [0.2, 0.25) is 0 Å². The van der Waals surface area contributed by atoms with Crippen LogP contribution in [0.5, 0.6) is 17.2 Å². The van der Waals surface area contributed by atoms with Crippen LogP contribution in [0.25, 0.3) is 5.32 Å². The summed E-state index contributed by atoms with van der Waals surface area (Å²) in [5.74, 6) is 1.77. The number of aromatic hydroxyl groups is 1. The summed E-state index contributed by atoms with van der Waals surface area (Å²) in [6, 6.07) is 9.93. The van der Waals surface area contributed by atoms with Crippen LogP contribution in [-0.2, 0) is 22.2 Å². The Bertz CT molecular complexity index is 1350. The normalized spacial score (nSPS) is 14.6. The molecule has 1 N–H and O–H groups in total. The molecular weight excluding hydrogens is 554 g/mol. The number of amides is 1. The Labute approximate surface area is 252 Å². The van der Waals surface area contributed by atoms with Gasteiger partial charge in [-0.1, -0.05) is 47.6 Å². The Hall–Kier alpha value is -3.44. The molecule has 0 unspecified atom stereocenters. The quantitative estimate of drug-likeness (QED) is 0.268. The van der Waals surface area contributed by atoms with E-state index in [9.17, 15) is 9.90 Å². The number of benzene rings is 2. The number of ether oxygens (including phenoxy) is 2. The van der Waals surface area contributed by atoms with Gasteiger partial charge in [-0.2, -0.15) is 5.01 Å². The first-order valence-corrected chi connectivity index (χ1v) is 15.1. The van der Waals surface area contributed by atoms with Crippen molar-refractivity contribution in [1.82, 2.24) is 10.2 Å². The van der Waals surface area contributed by atoms with Crippen molar-refractivity contribution in [3.05, 3.63) is 58.5 Å². The Balaban J connectivity index is 1.31. The van der Waals surface area contributed by atoms with Gasteiger partial charge in [-0.25, -0.2) is 0 Å². The molecule has 1 aliphatic heterocycles. The van der Waals surface area contributed by atoms with Crippen molar-refractivity contribution in [2.75, 3.05) is 51.2 Å². The lowest BCUT2D eigenvalue weighted by molar-refractivity contribution is -0.759. The highest BCUT2D eigenvalue weighted by atomic mass is 32.2. The topological polar surface area (TPSA) is 106 Å². The molecule has 1 fully saturated rings. The summed E-state index contributed by atoms with van der Waals surface area (Å²) in [7, 11) is 3.28. The minimum atomic E-state index is -0.314. The number of phenolic OH excluding ortho intramolecular Hbond substituents is 1. The smallest absolute Gasteiger partial charge is 0.257 e. The first-order chi connectivity index (χ1) is 19.8. The maximum Gasteiger partial charge on any atom is 0.257 e. The third-order valence-electron chi connectivity index (χ3n) is 7.23. The molecule has 0 atom stereocenters. The molecule has 0 aliphatic carbocycles. The zero-order chi connectivity index (χ0) is 30.7. The van der Waals surface area contributed by atoms with E-state index in [0.29, 0.717) is 5.75 Å². The van der Waals surface area contributed by atoms with Crippen LogP contribution in [-0.4, -0.2) is 67.3 Å². The fourth-order valence-corrected chi connectivity index (χ4v) is 5.64. The van der Waals surface area contributed by atoms with Crippen molar-refractivity contribution >= 4 is 23.6 Å². The molecule has 1 amide bonds. The predicted octanol–water partition coefficient (Wildman–Crippen LogP) is 5.06. The predicted molar refractivity (Wildman–Crippen MR) is 164 cm³/mol. The van der Waals surface area contributed by atoms with Crippen LogP contribution in [0, 0.1) is 0 Å². The SMILES string of the molecule is COc1ccc(CN2CCN([n+]3cc([N-]C(=O)CSc4cc(C(C)(C)C)c(O)c(C(C)(C)C)c4)on3)CC2)cc1OC. The average molecular weight is 598 g/mol. The zero-order valence-corrected chi connectivity index (χ0v) is 26.7. The van der Waals surface area contributed by atoms with Gasteiger partial charge in [-0.3, -0.25) is 4.90 Å². The maximum absolute atomic E-state index is 12.7. The van der Waals surface area contributed by atoms with Gasteiger partial charge in [0.25, 0.3) is 6.20 Å². The van der Waals surface area contributed by atoms with E-state index in [1.54, 1.807) is 25.2 Å². The Morgan fingerprint density at radius 2 is 1.62 bits per heavy atom. The monoisotopic (exact) mass is 597 g/mol. The van der Waals surface area contributed by atoms with Crippen molar-refractivity contribution in [2.45, 2.75) is 63.8 Å². The standard InChI is InChI=1S/C31H43N5O5S/c1-30(2,3)23-16-22(17-24(29(23)38)31(4,5)6)42-20-27(37)32-28-19-36(33-41-28)35-13-11-34(12-14-35)18-21-9-10-25(39-7)26(15-21)40-8/h9-10,15-17,19H,11-14,18,20H2,1-8H3,(H-,32,33,37,38). The number of thioether (sulfide) groups is 1. The summed E-state index contributed by atoms with van der Waals surface area (Å²) in [6.45, 7) is 16.4. The third kappa shape index (κ3) is 7.69. The van der Waals surface area contributed by atoms with Crippen LogP contribution in [0.1, 0.15) is 58.2 Å². The largest absolute Gasteiger partial charge is 0.588 e. The lowest BCUT2D eigenvalue weighted by Crippen LogP contribution is -2.65. The molecule has 42 heavy (non-hydrogen) atoms. The Morgan fingerprint density at radius 1 is 1.00 bits per heavy atom. The third-order valence-corrected chi connectivity index (χ3v) is 8.19. The van der Waals surface area contributed by atoms with Gasteiger partial charge in [0.1, 0.15) is 11.6 Å². The molecule has 2 aromatic carbocycles. The molecule has 1 aliphatic rings. The molecule has 228 valence electrons. The van der Waals surface area contributed by atoms with Crippen LogP contribution < -0.4 is 19.3 Å². The second-order valence-corrected chi connectivity index (χ2v) is 13.6. The van der Waals surface area contributed by atoms with Crippen LogP contribution >= 0.6 is 11.8 Å². The Kier molecular flexibility index (Phi) is 9.62. The van der Waals surface area contributed by atoms with Gasteiger partial charge in [-0.05, 0) is 40.7 Å². The number of piperazine rings is 1. The summed E-state index contributed by atoms with van der Waals surface area (Å²) >= 11 is 1.40. The average Bonchev–Trinajstić information content (AvgIpc) is 3.39. The molecule has 4 rings (SSSR count). The highest BCUT2D eigenvalue weighted by Gasteiger charge is 2.27. The number of methoxy groups -OCH3 is 2. The van der Waals surface area contributed by atoms with Gasteiger partial charge in [-0.15, -0.1) is 11.8 Å². The highest BCUT2D eigenvalue weighted by molar-refractivity contribution is 8.00. The highest BCUT2D eigenvalue weighted by Crippen LogP contribution is 2.42. The van der Waals surface area contributed by atoms with E-state index in [2.05, 4.69) is 68.1 Å². The van der Waals surface area contributed by atoms with Crippen molar-refractivity contribution in [2.24, 2.45) is 0 Å². The summed E-state index contributed by atoms with van der Waals surface area (Å²) < 4.78 is 16.1. The molecule has 10 nitrogen and oxygen atoms in total. The van der Waals surface area contributed by atoms with Gasteiger partial charge in [0.05, 0.1) is 38.0 Å². The van der Waals surface area contributed by atoms with Crippen molar-refractivity contribution in [3.8, 4) is 17.2 Å². The van der Waals surface area contributed by atoms with Crippen molar-refractivity contribution in [3.63, 3.8) is 0 Å². The van der Waals surface area contributed by atoms with Gasteiger partial charge in [0.2, 0.25) is 5.27 Å². The lowest BCUT2D eigenvalue weighted by atomic mass is 9.79. The van der Waals surface area contributed by atoms with Crippen LogP contribution in [0.4, 0.5) is 5.88 Å². The van der Waals surface area contributed by atoms with Crippen molar-refractivity contribution in [1.29, 1.82) is 0 Å². The Morgan fingerprint density at radius 3 is 2.19 bits per heavy atom. The van der Waals surface area contributed by atoms with E-state index in [1.165, 1.54) is 11.8 Å². The van der Waals surface area contributed by atoms with Crippen LogP contribution in [0.3, 0.4) is 0 Å². The van der Waals surface area contributed by atoms with E-state index in [0.717, 1.165) is 65.8 Å². The molecule has 1 saturated heterocycles. The van der Waals surface area contributed by atoms with Gasteiger partial charge < -0.3 is 29.2 Å². The number of rotatable bonds is 9. The molecule has 0 bridgehead atoms. The van der Waals surface area contributed by atoms with E-state index in [-0.39, 0.29) is 28.4 Å². The molecule has 0 spiro atoms. The summed E-state index contributed by atoms with van der Waals surface area (Å²) in [5, 5.41) is 21.2. The number of hydrogen-bond acceptors (Lipinski definition) is 9. The molecule has 3 aromatic rings. The fourth-order valence-electron chi connectivity index (χ4n) is 4.88. The van der Waals surface area contributed by atoms with Crippen molar-refractivity contribution < 1.29 is 28.7 Å². The lowest BCUT2D eigenvalue weighted by Gasteiger charge is -2.30. The molecule has 11 heteroatoms. The summed E-state index contributed by atoms with van der Waals surface area (Å²) in [6.07, 6.45) is 1.64. The number of nitrogens with zero attached hydrogens (tertiary/aromatic N) is 5. The minimum absolute atomic E-state index is 0.146. The number of phenols is 1. The number of aromatic nitrogens is 2. The van der Waals surface area contributed by atoms with Gasteiger partial charge in [0, 0.05) is 41.4 Å². The summed E-state index contributed by atoms with van der Waals surface area (Å²) in [5.41, 5.74) is 2.40. The van der Waals surface area contributed by atoms with Gasteiger partial charge >= 0.3 is 0 Å². The first-order valence-electron chi connectivity index (χ1n) is 14.1. The van der Waals surface area contributed by atoms with Gasteiger partial charge in [0.15, 0.2) is 11.5 Å². The van der Waals surface area contributed by atoms with Crippen LogP contribution in [0.15, 0.2) is 45.9 Å². The maximum atomic E-state index is 12.7. The second kappa shape index (κ2) is 12.8. The second-order valence-electron chi connectivity index (χ2n) is 12.5. The summed E-state index contributed by atoms with van der Waals surface area (Å²) in [4.78, 5) is 17.6. The molecule has 0 saturated carbocycles. The molecular formula is C31H43N5O5S.